The second-order valence-corrected chi connectivity index (χ2v) is 4.87. The van der Waals surface area contributed by atoms with Gasteiger partial charge in [-0.25, -0.2) is 0 Å². The summed E-state index contributed by atoms with van der Waals surface area (Å²) in [5.41, 5.74) is 1.53. The number of carboxylic acids is 1. The largest absolute Gasteiger partial charge is 0.481 e. The van der Waals surface area contributed by atoms with E-state index in [2.05, 4.69) is 15.9 Å². The van der Waals surface area contributed by atoms with Crippen LogP contribution in [0.15, 0.2) is 24.3 Å². The van der Waals surface area contributed by atoms with Crippen LogP contribution in [0, 0.1) is 11.3 Å². The Morgan fingerprint density at radius 1 is 1.53 bits per heavy atom. The minimum atomic E-state index is -0.790. The van der Waals surface area contributed by atoms with Gasteiger partial charge < -0.3 is 14.9 Å². The monoisotopic (exact) mass is 259 g/mol. The minimum Gasteiger partial charge on any atom is -0.481 e. The van der Waals surface area contributed by atoms with E-state index >= 15 is 0 Å². The van der Waals surface area contributed by atoms with Crippen LogP contribution in [0.5, 0.6) is 0 Å². The second-order valence-electron chi connectivity index (χ2n) is 4.87. The molecule has 100 valence electrons. The number of nitriles is 1. The van der Waals surface area contributed by atoms with Crippen LogP contribution in [0.25, 0.3) is 0 Å². The molecule has 0 radical (unpaired) electrons. The zero-order valence-corrected chi connectivity index (χ0v) is 10.9. The molecule has 19 heavy (non-hydrogen) atoms. The van der Waals surface area contributed by atoms with Gasteiger partial charge in [-0.3, -0.25) is 4.79 Å². The second kappa shape index (κ2) is 5.72. The van der Waals surface area contributed by atoms with Gasteiger partial charge in [-0.15, -0.1) is 0 Å². The normalized spacial score (nSPS) is 20.0. The molecule has 1 saturated heterocycles. The molecule has 1 aliphatic rings. The first-order valence-corrected chi connectivity index (χ1v) is 6.27. The van der Waals surface area contributed by atoms with Crippen LogP contribution in [0.3, 0.4) is 0 Å². The molecule has 1 N–H and O–H groups in total. The first-order valence-electron chi connectivity index (χ1n) is 6.27. The number of nitrogens with zero attached hydrogens (tertiary/aromatic N) is 3. The summed E-state index contributed by atoms with van der Waals surface area (Å²) < 4.78 is 0. The van der Waals surface area contributed by atoms with E-state index in [4.69, 9.17) is 10.4 Å². The summed E-state index contributed by atoms with van der Waals surface area (Å²) in [4.78, 5) is 15.2. The van der Waals surface area contributed by atoms with Crippen LogP contribution in [0.1, 0.15) is 12.0 Å². The maximum atomic E-state index is 11.0. The number of hydrogen-bond acceptors (Lipinski definition) is 4. The quantitative estimate of drug-likeness (QED) is 0.882. The Labute approximate surface area is 112 Å². The van der Waals surface area contributed by atoms with Crippen molar-refractivity contribution in [3.05, 3.63) is 29.8 Å². The van der Waals surface area contributed by atoms with E-state index in [1.165, 1.54) is 0 Å². The zero-order valence-electron chi connectivity index (χ0n) is 10.9. The van der Waals surface area contributed by atoms with E-state index in [0.29, 0.717) is 5.56 Å². The number of hydrogen-bond donors (Lipinski definition) is 1. The number of rotatable bonds is 3. The number of anilines is 1. The molecule has 0 saturated carbocycles. The first kappa shape index (κ1) is 13.4. The summed E-state index contributed by atoms with van der Waals surface area (Å²) in [5, 5.41) is 18.0. The minimum absolute atomic E-state index is 0.0507. The SMILES string of the molecule is CN1CCN(c2cccc(C#N)c2)C(CC(=O)O)C1. The Hall–Kier alpha value is -2.06. The highest BCUT2D eigenvalue weighted by Crippen LogP contribution is 2.22. The average molecular weight is 259 g/mol. The molecule has 1 atom stereocenters. The Kier molecular flexibility index (Phi) is 4.03. The number of carbonyl (C=O) groups is 1. The summed E-state index contributed by atoms with van der Waals surface area (Å²) in [6.45, 7) is 2.40. The van der Waals surface area contributed by atoms with Gasteiger partial charge in [0.15, 0.2) is 0 Å². The van der Waals surface area contributed by atoms with Gasteiger partial charge >= 0.3 is 5.97 Å². The average Bonchev–Trinajstić information content (AvgIpc) is 2.38. The molecule has 5 heteroatoms. The molecule has 1 aliphatic heterocycles. The molecule has 1 aromatic rings. The smallest absolute Gasteiger partial charge is 0.305 e. The maximum Gasteiger partial charge on any atom is 0.305 e. The summed E-state index contributed by atoms with van der Waals surface area (Å²) in [5.74, 6) is -0.790. The van der Waals surface area contributed by atoms with E-state index in [0.717, 1.165) is 25.3 Å². The highest BCUT2D eigenvalue weighted by atomic mass is 16.4. The Bertz CT molecular complexity index is 510. The van der Waals surface area contributed by atoms with Crippen LogP contribution in [-0.2, 0) is 4.79 Å². The fraction of sp³-hybridized carbons (Fsp3) is 0.429. The van der Waals surface area contributed by atoms with Crippen molar-refractivity contribution in [3.8, 4) is 6.07 Å². The van der Waals surface area contributed by atoms with Gasteiger partial charge in [0.05, 0.1) is 24.1 Å². The predicted octanol–water partition coefficient (Wildman–Crippen LogP) is 1.15. The van der Waals surface area contributed by atoms with Crippen LogP contribution in [0.4, 0.5) is 5.69 Å². The summed E-state index contributed by atoms with van der Waals surface area (Å²) >= 11 is 0. The van der Waals surface area contributed by atoms with Gasteiger partial charge in [0.25, 0.3) is 0 Å². The van der Waals surface area contributed by atoms with E-state index in [9.17, 15) is 4.79 Å². The number of benzene rings is 1. The molecular formula is C14H17N3O2. The molecule has 0 amide bonds. The molecule has 2 rings (SSSR count). The third-order valence-corrected chi connectivity index (χ3v) is 3.40. The van der Waals surface area contributed by atoms with Crippen molar-refractivity contribution in [1.29, 1.82) is 5.26 Å². The van der Waals surface area contributed by atoms with Crippen molar-refractivity contribution in [2.45, 2.75) is 12.5 Å². The lowest BCUT2D eigenvalue weighted by Crippen LogP contribution is -2.52. The van der Waals surface area contributed by atoms with Crippen molar-refractivity contribution in [2.24, 2.45) is 0 Å². The van der Waals surface area contributed by atoms with Crippen molar-refractivity contribution in [2.75, 3.05) is 31.6 Å². The van der Waals surface area contributed by atoms with Crippen molar-refractivity contribution in [1.82, 2.24) is 4.90 Å². The van der Waals surface area contributed by atoms with E-state index in [1.54, 1.807) is 6.07 Å². The van der Waals surface area contributed by atoms with E-state index in [1.807, 2.05) is 25.2 Å². The van der Waals surface area contributed by atoms with Gasteiger partial charge in [-0.1, -0.05) is 6.07 Å². The maximum absolute atomic E-state index is 11.0. The number of piperazine rings is 1. The lowest BCUT2D eigenvalue weighted by molar-refractivity contribution is -0.137. The Morgan fingerprint density at radius 2 is 2.32 bits per heavy atom. The van der Waals surface area contributed by atoms with Crippen molar-refractivity contribution in [3.63, 3.8) is 0 Å². The number of carboxylic acid groups (broad SMARTS) is 1. The van der Waals surface area contributed by atoms with Gasteiger partial charge in [0.2, 0.25) is 0 Å². The van der Waals surface area contributed by atoms with Crippen LogP contribution in [-0.4, -0.2) is 48.7 Å². The summed E-state index contributed by atoms with van der Waals surface area (Å²) in [6, 6.07) is 9.41. The summed E-state index contributed by atoms with van der Waals surface area (Å²) in [7, 11) is 2.00. The molecule has 0 aliphatic carbocycles. The molecule has 5 nitrogen and oxygen atoms in total. The molecule has 0 bridgehead atoms. The highest BCUT2D eigenvalue weighted by molar-refractivity contribution is 5.69. The van der Waals surface area contributed by atoms with Crippen LogP contribution in [0.2, 0.25) is 0 Å². The van der Waals surface area contributed by atoms with Crippen LogP contribution < -0.4 is 4.90 Å². The van der Waals surface area contributed by atoms with Gasteiger partial charge in [0.1, 0.15) is 0 Å². The van der Waals surface area contributed by atoms with E-state index in [-0.39, 0.29) is 12.5 Å². The molecule has 0 spiro atoms. The molecule has 1 unspecified atom stereocenters. The number of likely N-dealkylation sites (N-methyl/N-ethyl adjacent to an activating group) is 1. The third kappa shape index (κ3) is 3.24. The van der Waals surface area contributed by atoms with Gasteiger partial charge in [-0.05, 0) is 25.2 Å². The topological polar surface area (TPSA) is 67.6 Å². The molecule has 1 fully saturated rings. The molecule has 0 aromatic heterocycles. The Morgan fingerprint density at radius 3 is 3.00 bits per heavy atom. The molecule has 1 aromatic carbocycles. The van der Waals surface area contributed by atoms with Gasteiger partial charge in [0, 0.05) is 25.3 Å². The van der Waals surface area contributed by atoms with Gasteiger partial charge in [-0.2, -0.15) is 5.26 Å². The van der Waals surface area contributed by atoms with Crippen molar-refractivity contribution >= 4 is 11.7 Å². The van der Waals surface area contributed by atoms with E-state index < -0.39 is 5.97 Å². The van der Waals surface area contributed by atoms with Crippen molar-refractivity contribution < 1.29 is 9.90 Å². The Balaban J connectivity index is 2.24. The molecule has 1 heterocycles. The number of aliphatic carboxylic acids is 1. The predicted molar refractivity (Wildman–Crippen MR) is 72.0 cm³/mol. The highest BCUT2D eigenvalue weighted by Gasteiger charge is 2.27. The fourth-order valence-electron chi connectivity index (χ4n) is 2.48. The first-order chi connectivity index (χ1) is 9.10. The molecular weight excluding hydrogens is 242 g/mol. The summed E-state index contributed by atoms with van der Waals surface area (Å²) in [6.07, 6.45) is 0.112. The van der Waals surface area contributed by atoms with Crippen LogP contribution >= 0.6 is 0 Å². The third-order valence-electron chi connectivity index (χ3n) is 3.40. The zero-order chi connectivity index (χ0) is 13.8. The standard InChI is InChI=1S/C14H17N3O2/c1-16-5-6-17(13(10-16)8-14(18)19)12-4-2-3-11(7-12)9-15/h2-4,7,13H,5-6,8,10H2,1H3,(H,18,19). The lowest BCUT2D eigenvalue weighted by atomic mass is 10.1. The lowest BCUT2D eigenvalue weighted by Gasteiger charge is -2.41. The fourth-order valence-corrected chi connectivity index (χ4v) is 2.48.